The summed E-state index contributed by atoms with van der Waals surface area (Å²) in [5.41, 5.74) is 2.45. The average Bonchev–Trinajstić information content (AvgIpc) is 3.36. The second-order valence-corrected chi connectivity index (χ2v) is 6.77. The number of H-pyrrole nitrogens is 1. The van der Waals surface area contributed by atoms with Crippen molar-refractivity contribution in [3.05, 3.63) is 72.3 Å². The number of nitrogens with one attached hydrogen (secondary N) is 2. The molecule has 2 amide bonds. The van der Waals surface area contributed by atoms with E-state index in [1.807, 2.05) is 18.2 Å². The second kappa shape index (κ2) is 7.79. The van der Waals surface area contributed by atoms with Gasteiger partial charge in [-0.2, -0.15) is 0 Å². The highest BCUT2D eigenvalue weighted by atomic mass is 19.1. The zero-order valence-corrected chi connectivity index (χ0v) is 15.8. The van der Waals surface area contributed by atoms with Gasteiger partial charge < -0.3 is 19.9 Å². The standard InChI is InChI=1S/C22H20FN3O3/c1-29-20-5-3-2-4-19(20)26-11-10-18(22(26)28)25-21(27)17-13-24-12-16(17)14-6-8-15(23)9-7-14/h2-9,12-13,18,24H,10-11H2,1H3,(H,25,27)/t18-/m0/s1. The monoisotopic (exact) mass is 393 g/mol. The van der Waals surface area contributed by atoms with Crippen molar-refractivity contribution in [2.75, 3.05) is 18.6 Å². The van der Waals surface area contributed by atoms with Crippen LogP contribution in [0.1, 0.15) is 16.8 Å². The lowest BCUT2D eigenvalue weighted by molar-refractivity contribution is -0.118. The summed E-state index contributed by atoms with van der Waals surface area (Å²) in [6.45, 7) is 0.488. The van der Waals surface area contributed by atoms with Crippen molar-refractivity contribution in [3.63, 3.8) is 0 Å². The Balaban J connectivity index is 1.51. The van der Waals surface area contributed by atoms with E-state index in [0.29, 0.717) is 41.1 Å². The van der Waals surface area contributed by atoms with Gasteiger partial charge in [0.15, 0.2) is 0 Å². The number of methoxy groups -OCH3 is 1. The summed E-state index contributed by atoms with van der Waals surface area (Å²) in [5.74, 6) is -0.271. The number of para-hydroxylation sites is 2. The van der Waals surface area contributed by atoms with E-state index in [1.54, 1.807) is 42.6 Å². The van der Waals surface area contributed by atoms with Crippen LogP contribution in [0.2, 0.25) is 0 Å². The summed E-state index contributed by atoms with van der Waals surface area (Å²) < 4.78 is 18.5. The second-order valence-electron chi connectivity index (χ2n) is 6.77. The van der Waals surface area contributed by atoms with Gasteiger partial charge in [-0.25, -0.2) is 4.39 Å². The van der Waals surface area contributed by atoms with Crippen molar-refractivity contribution in [3.8, 4) is 16.9 Å². The van der Waals surface area contributed by atoms with Gasteiger partial charge in [-0.05, 0) is 36.2 Å². The van der Waals surface area contributed by atoms with Gasteiger partial charge in [0.25, 0.3) is 5.91 Å². The first kappa shape index (κ1) is 18.7. The van der Waals surface area contributed by atoms with E-state index >= 15 is 0 Å². The van der Waals surface area contributed by atoms with Crippen LogP contribution in [0, 0.1) is 5.82 Å². The molecule has 4 rings (SSSR count). The number of rotatable bonds is 5. The SMILES string of the molecule is COc1ccccc1N1CC[C@H](NC(=O)c2c[nH]cc2-c2ccc(F)cc2)C1=O. The number of halogens is 1. The van der Waals surface area contributed by atoms with Crippen LogP contribution in [0.15, 0.2) is 60.9 Å². The van der Waals surface area contributed by atoms with Crippen LogP contribution in [-0.4, -0.2) is 36.5 Å². The van der Waals surface area contributed by atoms with Crippen LogP contribution in [0.25, 0.3) is 11.1 Å². The number of ether oxygens (including phenoxy) is 1. The molecular weight excluding hydrogens is 373 g/mol. The number of aromatic amines is 1. The van der Waals surface area contributed by atoms with Gasteiger partial charge in [0, 0.05) is 24.5 Å². The maximum absolute atomic E-state index is 13.2. The van der Waals surface area contributed by atoms with Crippen molar-refractivity contribution in [2.24, 2.45) is 0 Å². The van der Waals surface area contributed by atoms with Gasteiger partial charge in [-0.1, -0.05) is 24.3 Å². The Morgan fingerprint density at radius 1 is 1.17 bits per heavy atom. The number of carbonyl (C=O) groups is 2. The Morgan fingerprint density at radius 3 is 2.69 bits per heavy atom. The summed E-state index contributed by atoms with van der Waals surface area (Å²) in [4.78, 5) is 30.3. The topological polar surface area (TPSA) is 74.4 Å². The summed E-state index contributed by atoms with van der Waals surface area (Å²) in [6.07, 6.45) is 3.75. The molecule has 148 valence electrons. The molecule has 1 aliphatic heterocycles. The predicted octanol–water partition coefficient (Wildman–Crippen LogP) is 3.36. The van der Waals surface area contributed by atoms with Gasteiger partial charge in [-0.15, -0.1) is 0 Å². The molecule has 1 saturated heterocycles. The van der Waals surface area contributed by atoms with Crippen molar-refractivity contribution in [1.29, 1.82) is 0 Å². The van der Waals surface area contributed by atoms with Crippen LogP contribution in [0.5, 0.6) is 5.75 Å². The van der Waals surface area contributed by atoms with Gasteiger partial charge in [0.1, 0.15) is 17.6 Å². The van der Waals surface area contributed by atoms with Gasteiger partial charge in [0.05, 0.1) is 18.4 Å². The van der Waals surface area contributed by atoms with E-state index in [2.05, 4.69) is 10.3 Å². The van der Waals surface area contributed by atoms with Crippen LogP contribution in [-0.2, 0) is 4.79 Å². The molecule has 1 atom stereocenters. The van der Waals surface area contributed by atoms with E-state index < -0.39 is 6.04 Å². The van der Waals surface area contributed by atoms with E-state index in [4.69, 9.17) is 4.74 Å². The fourth-order valence-corrected chi connectivity index (χ4v) is 3.56. The lowest BCUT2D eigenvalue weighted by Crippen LogP contribution is -2.41. The molecule has 2 heterocycles. The van der Waals surface area contributed by atoms with Crippen molar-refractivity contribution < 1.29 is 18.7 Å². The van der Waals surface area contributed by atoms with Gasteiger partial charge in [-0.3, -0.25) is 9.59 Å². The first-order chi connectivity index (χ1) is 14.1. The Hall–Kier alpha value is -3.61. The highest BCUT2D eigenvalue weighted by Crippen LogP contribution is 2.31. The molecule has 2 N–H and O–H groups in total. The smallest absolute Gasteiger partial charge is 0.254 e. The van der Waals surface area contributed by atoms with Crippen molar-refractivity contribution in [2.45, 2.75) is 12.5 Å². The molecule has 0 aliphatic carbocycles. The van der Waals surface area contributed by atoms with Crippen LogP contribution < -0.4 is 15.0 Å². The maximum Gasteiger partial charge on any atom is 0.254 e. The Kier molecular flexibility index (Phi) is 5.03. The third-order valence-corrected chi connectivity index (χ3v) is 5.03. The summed E-state index contributed by atoms with van der Waals surface area (Å²) >= 11 is 0. The lowest BCUT2D eigenvalue weighted by Gasteiger charge is -2.19. The van der Waals surface area contributed by atoms with E-state index in [-0.39, 0.29) is 17.6 Å². The molecule has 0 bridgehead atoms. The maximum atomic E-state index is 13.2. The number of aromatic nitrogens is 1. The number of benzene rings is 2. The zero-order chi connectivity index (χ0) is 20.4. The number of hydrogen-bond donors (Lipinski definition) is 2. The third kappa shape index (κ3) is 3.59. The Labute approximate surface area is 167 Å². The van der Waals surface area contributed by atoms with Gasteiger partial charge >= 0.3 is 0 Å². The number of hydrogen-bond acceptors (Lipinski definition) is 3. The molecule has 1 fully saturated rings. The predicted molar refractivity (Wildman–Crippen MR) is 107 cm³/mol. The molecule has 29 heavy (non-hydrogen) atoms. The average molecular weight is 393 g/mol. The normalized spacial score (nSPS) is 16.1. The van der Waals surface area contributed by atoms with E-state index in [9.17, 15) is 14.0 Å². The number of amides is 2. The zero-order valence-electron chi connectivity index (χ0n) is 15.8. The highest BCUT2D eigenvalue weighted by molar-refractivity contribution is 6.06. The molecule has 6 nitrogen and oxygen atoms in total. The minimum absolute atomic E-state index is 0.179. The Morgan fingerprint density at radius 2 is 1.93 bits per heavy atom. The van der Waals surface area contributed by atoms with Crippen LogP contribution in [0.4, 0.5) is 10.1 Å². The molecule has 0 saturated carbocycles. The summed E-state index contributed by atoms with van der Waals surface area (Å²) in [6, 6.07) is 12.6. The molecule has 7 heteroatoms. The minimum Gasteiger partial charge on any atom is -0.495 e. The fraction of sp³-hybridized carbons (Fsp3) is 0.182. The molecule has 0 radical (unpaired) electrons. The lowest BCUT2D eigenvalue weighted by atomic mass is 10.0. The van der Waals surface area contributed by atoms with E-state index in [0.717, 1.165) is 0 Å². The fourth-order valence-electron chi connectivity index (χ4n) is 3.56. The third-order valence-electron chi connectivity index (χ3n) is 5.03. The van der Waals surface area contributed by atoms with Crippen LogP contribution in [0.3, 0.4) is 0 Å². The van der Waals surface area contributed by atoms with Crippen molar-refractivity contribution in [1.82, 2.24) is 10.3 Å². The molecule has 1 aromatic heterocycles. The summed E-state index contributed by atoms with van der Waals surface area (Å²) in [7, 11) is 1.56. The van der Waals surface area contributed by atoms with Gasteiger partial charge in [0.2, 0.25) is 5.91 Å². The van der Waals surface area contributed by atoms with Crippen LogP contribution >= 0.6 is 0 Å². The first-order valence-corrected chi connectivity index (χ1v) is 9.26. The Bertz CT molecular complexity index is 1050. The number of anilines is 1. The molecule has 0 spiro atoms. The highest BCUT2D eigenvalue weighted by Gasteiger charge is 2.35. The van der Waals surface area contributed by atoms with E-state index in [1.165, 1.54) is 12.1 Å². The minimum atomic E-state index is -0.622. The molecule has 2 aromatic carbocycles. The quantitative estimate of drug-likeness (QED) is 0.698. The molecule has 1 aliphatic rings. The largest absolute Gasteiger partial charge is 0.495 e. The first-order valence-electron chi connectivity index (χ1n) is 9.26. The molecule has 3 aromatic rings. The molecule has 0 unspecified atom stereocenters. The van der Waals surface area contributed by atoms with Crippen molar-refractivity contribution >= 4 is 17.5 Å². The number of carbonyl (C=O) groups excluding carboxylic acids is 2. The number of nitrogens with zero attached hydrogens (tertiary/aromatic N) is 1. The molecular formula is C22H20FN3O3. The summed E-state index contributed by atoms with van der Waals surface area (Å²) in [5, 5.41) is 2.82.